The highest BCUT2D eigenvalue weighted by molar-refractivity contribution is 7.12. The third kappa shape index (κ3) is 2.90. The molecule has 2 amide bonds. The molecule has 2 aromatic rings. The van der Waals surface area contributed by atoms with E-state index in [9.17, 15) is 9.59 Å². The van der Waals surface area contributed by atoms with Crippen LogP contribution >= 0.6 is 11.3 Å². The minimum absolute atomic E-state index is 0.0378. The Balaban J connectivity index is 1.59. The first kappa shape index (κ1) is 14.8. The molecule has 0 aliphatic carbocycles. The zero-order valence-corrected chi connectivity index (χ0v) is 12.8. The molecule has 0 saturated carbocycles. The van der Waals surface area contributed by atoms with Gasteiger partial charge in [0.05, 0.1) is 17.0 Å². The van der Waals surface area contributed by atoms with Crippen molar-refractivity contribution in [1.82, 2.24) is 9.80 Å². The molecule has 2 N–H and O–H groups in total. The van der Waals surface area contributed by atoms with Gasteiger partial charge in [-0.25, -0.2) is 0 Å². The molecule has 1 aliphatic rings. The highest BCUT2D eigenvalue weighted by Gasteiger charge is 2.26. The van der Waals surface area contributed by atoms with E-state index in [0.29, 0.717) is 37.5 Å². The largest absolute Gasteiger partial charge is 0.467 e. The average Bonchev–Trinajstić information content (AvgIpc) is 3.25. The molecule has 0 unspecified atom stereocenters. The fraction of sp³-hybridized carbons (Fsp3) is 0.333. The summed E-state index contributed by atoms with van der Waals surface area (Å²) < 4.78 is 5.20. The number of hydrogen-bond acceptors (Lipinski definition) is 5. The van der Waals surface area contributed by atoms with Crippen molar-refractivity contribution >= 4 is 23.2 Å². The van der Waals surface area contributed by atoms with Crippen LogP contribution < -0.4 is 5.73 Å². The number of amides is 2. The standard InChI is InChI=1S/C15H17N3O3S/c16-9-12-8-11(10-21-12)14(19)17-3-5-18(6-4-17)15(20)13-2-1-7-22-13/h1-2,7-8,10H,3-6,9,16H2. The van der Waals surface area contributed by atoms with Gasteiger partial charge in [-0.3, -0.25) is 9.59 Å². The zero-order chi connectivity index (χ0) is 15.5. The van der Waals surface area contributed by atoms with Crippen molar-refractivity contribution in [3.8, 4) is 0 Å². The molecule has 1 fully saturated rings. The lowest BCUT2D eigenvalue weighted by molar-refractivity contribution is 0.0537. The van der Waals surface area contributed by atoms with Crippen LogP contribution in [-0.2, 0) is 6.54 Å². The number of nitrogens with zero attached hydrogens (tertiary/aromatic N) is 2. The molecule has 0 radical (unpaired) electrons. The van der Waals surface area contributed by atoms with E-state index in [-0.39, 0.29) is 18.4 Å². The van der Waals surface area contributed by atoms with Crippen LogP contribution in [-0.4, -0.2) is 47.8 Å². The maximum Gasteiger partial charge on any atom is 0.264 e. The number of carbonyl (C=O) groups is 2. The van der Waals surface area contributed by atoms with Crippen molar-refractivity contribution in [3.05, 3.63) is 46.0 Å². The van der Waals surface area contributed by atoms with Crippen LogP contribution in [0.25, 0.3) is 0 Å². The summed E-state index contributed by atoms with van der Waals surface area (Å²) in [5.74, 6) is 0.553. The van der Waals surface area contributed by atoms with Crippen LogP contribution in [0.5, 0.6) is 0 Å². The van der Waals surface area contributed by atoms with E-state index < -0.39 is 0 Å². The number of piperazine rings is 1. The molecule has 0 atom stereocenters. The topological polar surface area (TPSA) is 79.8 Å². The predicted molar refractivity (Wildman–Crippen MR) is 82.7 cm³/mol. The van der Waals surface area contributed by atoms with E-state index >= 15 is 0 Å². The number of rotatable bonds is 3. The van der Waals surface area contributed by atoms with Crippen LogP contribution in [0.1, 0.15) is 25.8 Å². The van der Waals surface area contributed by atoms with Crippen molar-refractivity contribution < 1.29 is 14.0 Å². The molecule has 2 aromatic heterocycles. The second kappa shape index (κ2) is 6.33. The predicted octanol–water partition coefficient (Wildman–Crippen LogP) is 1.40. The molecule has 0 aromatic carbocycles. The molecule has 1 saturated heterocycles. The summed E-state index contributed by atoms with van der Waals surface area (Å²) in [6.45, 7) is 2.42. The van der Waals surface area contributed by atoms with Gasteiger partial charge in [0.2, 0.25) is 0 Å². The summed E-state index contributed by atoms with van der Waals surface area (Å²) in [6.07, 6.45) is 1.44. The summed E-state index contributed by atoms with van der Waals surface area (Å²) in [7, 11) is 0. The van der Waals surface area contributed by atoms with E-state index in [1.807, 2.05) is 17.5 Å². The summed E-state index contributed by atoms with van der Waals surface area (Å²) in [5, 5.41) is 1.89. The second-order valence-electron chi connectivity index (χ2n) is 5.07. The van der Waals surface area contributed by atoms with Crippen LogP contribution in [0, 0.1) is 0 Å². The highest BCUT2D eigenvalue weighted by atomic mass is 32.1. The van der Waals surface area contributed by atoms with Crippen molar-refractivity contribution in [3.63, 3.8) is 0 Å². The Bertz CT molecular complexity index is 657. The van der Waals surface area contributed by atoms with Gasteiger partial charge >= 0.3 is 0 Å². The van der Waals surface area contributed by atoms with E-state index in [4.69, 9.17) is 10.2 Å². The summed E-state index contributed by atoms with van der Waals surface area (Å²) >= 11 is 1.44. The van der Waals surface area contributed by atoms with E-state index in [2.05, 4.69) is 0 Å². The lowest BCUT2D eigenvalue weighted by Gasteiger charge is -2.34. The van der Waals surface area contributed by atoms with Crippen molar-refractivity contribution in [2.45, 2.75) is 6.54 Å². The van der Waals surface area contributed by atoms with Crippen molar-refractivity contribution in [2.24, 2.45) is 5.73 Å². The van der Waals surface area contributed by atoms with Crippen LogP contribution in [0.3, 0.4) is 0 Å². The van der Waals surface area contributed by atoms with Gasteiger partial charge < -0.3 is 20.0 Å². The Labute approximate surface area is 132 Å². The third-order valence-corrected chi connectivity index (χ3v) is 4.55. The molecule has 0 spiro atoms. The first-order valence-corrected chi connectivity index (χ1v) is 7.96. The van der Waals surface area contributed by atoms with Crippen LogP contribution in [0.15, 0.2) is 34.3 Å². The maximum atomic E-state index is 12.4. The lowest BCUT2D eigenvalue weighted by Crippen LogP contribution is -2.50. The maximum absolute atomic E-state index is 12.4. The zero-order valence-electron chi connectivity index (χ0n) is 12.0. The van der Waals surface area contributed by atoms with Crippen molar-refractivity contribution in [1.29, 1.82) is 0 Å². The minimum atomic E-state index is -0.0772. The fourth-order valence-electron chi connectivity index (χ4n) is 2.45. The van der Waals surface area contributed by atoms with Gasteiger partial charge in [0.15, 0.2) is 0 Å². The SMILES string of the molecule is NCc1cc(C(=O)N2CCN(C(=O)c3cccs3)CC2)co1. The number of thiophene rings is 1. The summed E-state index contributed by atoms with van der Waals surface area (Å²) in [6, 6.07) is 5.36. The number of furan rings is 1. The molecular weight excluding hydrogens is 302 g/mol. The van der Waals surface area contributed by atoms with Gasteiger partial charge in [0.1, 0.15) is 12.0 Å². The molecule has 3 rings (SSSR count). The first-order valence-electron chi connectivity index (χ1n) is 7.08. The Morgan fingerprint density at radius 2 is 1.86 bits per heavy atom. The minimum Gasteiger partial charge on any atom is -0.467 e. The highest BCUT2D eigenvalue weighted by Crippen LogP contribution is 2.16. The van der Waals surface area contributed by atoms with E-state index in [1.165, 1.54) is 17.6 Å². The number of hydrogen-bond donors (Lipinski definition) is 1. The summed E-state index contributed by atoms with van der Waals surface area (Å²) in [5.41, 5.74) is 5.99. The van der Waals surface area contributed by atoms with Crippen molar-refractivity contribution in [2.75, 3.05) is 26.2 Å². The summed E-state index contributed by atoms with van der Waals surface area (Å²) in [4.78, 5) is 28.9. The van der Waals surface area contributed by atoms with Gasteiger partial charge in [-0.15, -0.1) is 11.3 Å². The molecule has 1 aliphatic heterocycles. The first-order chi connectivity index (χ1) is 10.7. The number of carbonyl (C=O) groups excluding carboxylic acids is 2. The van der Waals surface area contributed by atoms with Gasteiger partial charge in [-0.2, -0.15) is 0 Å². The lowest BCUT2D eigenvalue weighted by atomic mass is 10.2. The quantitative estimate of drug-likeness (QED) is 0.927. The van der Waals surface area contributed by atoms with E-state index in [0.717, 1.165) is 4.88 Å². The molecular formula is C15H17N3O3S. The van der Waals surface area contributed by atoms with Gasteiger partial charge in [0.25, 0.3) is 11.8 Å². The molecule has 7 heteroatoms. The average molecular weight is 319 g/mol. The molecule has 22 heavy (non-hydrogen) atoms. The van der Waals surface area contributed by atoms with Gasteiger partial charge in [0, 0.05) is 26.2 Å². The van der Waals surface area contributed by atoms with Crippen LogP contribution in [0.2, 0.25) is 0 Å². The molecule has 3 heterocycles. The van der Waals surface area contributed by atoms with Gasteiger partial charge in [-0.05, 0) is 17.5 Å². The molecule has 0 bridgehead atoms. The van der Waals surface area contributed by atoms with Crippen LogP contribution in [0.4, 0.5) is 0 Å². The number of nitrogens with two attached hydrogens (primary N) is 1. The van der Waals surface area contributed by atoms with E-state index in [1.54, 1.807) is 15.9 Å². The van der Waals surface area contributed by atoms with Gasteiger partial charge in [-0.1, -0.05) is 6.07 Å². The Morgan fingerprint density at radius 1 is 1.18 bits per heavy atom. The Hall–Kier alpha value is -2.12. The Morgan fingerprint density at radius 3 is 2.41 bits per heavy atom. The third-order valence-electron chi connectivity index (χ3n) is 3.69. The fourth-order valence-corrected chi connectivity index (χ4v) is 3.14. The second-order valence-corrected chi connectivity index (χ2v) is 6.02. The molecule has 6 nitrogen and oxygen atoms in total. The smallest absolute Gasteiger partial charge is 0.264 e. The monoisotopic (exact) mass is 319 g/mol. The normalized spacial score (nSPS) is 15.1. The molecule has 116 valence electrons. The Kier molecular flexibility index (Phi) is 4.26.